The van der Waals surface area contributed by atoms with Crippen molar-refractivity contribution in [2.75, 3.05) is 25.5 Å². The molecule has 1 fully saturated rings. The third kappa shape index (κ3) is 4.36. The summed E-state index contributed by atoms with van der Waals surface area (Å²) >= 11 is 0. The zero-order valence-electron chi connectivity index (χ0n) is 16.3. The Balaban J connectivity index is 1.84. The Morgan fingerprint density at radius 1 is 1.11 bits per heavy atom. The van der Waals surface area contributed by atoms with Gasteiger partial charge in [-0.15, -0.1) is 0 Å². The molecule has 1 aliphatic heterocycles. The molecule has 2 aromatic carbocycles. The van der Waals surface area contributed by atoms with Crippen LogP contribution in [-0.2, 0) is 16.4 Å². The first-order chi connectivity index (χ1) is 13.5. The number of hydrogen-bond donors (Lipinski definition) is 1. The number of rotatable bonds is 7. The lowest BCUT2D eigenvalue weighted by Gasteiger charge is -2.18. The van der Waals surface area contributed by atoms with Crippen LogP contribution in [-0.4, -0.2) is 38.8 Å². The number of carbonyl (C=O) groups is 1. The summed E-state index contributed by atoms with van der Waals surface area (Å²) in [6.07, 6.45) is 3.74. The van der Waals surface area contributed by atoms with Crippen molar-refractivity contribution in [3.8, 4) is 5.75 Å². The Morgan fingerprint density at radius 3 is 2.39 bits per heavy atom. The Hall–Kier alpha value is -2.38. The highest BCUT2D eigenvalue weighted by Gasteiger charge is 2.30. The number of benzene rings is 2. The van der Waals surface area contributed by atoms with Gasteiger partial charge in [0.2, 0.25) is 10.0 Å². The molecule has 2 aromatic rings. The van der Waals surface area contributed by atoms with Crippen molar-refractivity contribution < 1.29 is 17.9 Å². The first-order valence-corrected chi connectivity index (χ1v) is 11.0. The fraction of sp³-hybridized carbons (Fsp3) is 0.381. The molecule has 6 nitrogen and oxygen atoms in total. The van der Waals surface area contributed by atoms with Crippen LogP contribution in [0.25, 0.3) is 0 Å². The van der Waals surface area contributed by atoms with Crippen LogP contribution in [0, 0.1) is 0 Å². The second-order valence-electron chi connectivity index (χ2n) is 6.88. The van der Waals surface area contributed by atoms with Crippen LogP contribution < -0.4 is 10.1 Å². The molecule has 0 spiro atoms. The second-order valence-corrected chi connectivity index (χ2v) is 8.78. The average Bonchev–Trinajstić information content (AvgIpc) is 3.25. The Morgan fingerprint density at radius 2 is 1.79 bits per heavy atom. The monoisotopic (exact) mass is 402 g/mol. The largest absolute Gasteiger partial charge is 0.495 e. The maximum atomic E-state index is 13.0. The predicted octanol–water partition coefficient (Wildman–Crippen LogP) is 3.68. The van der Waals surface area contributed by atoms with Gasteiger partial charge >= 0.3 is 0 Å². The van der Waals surface area contributed by atoms with Gasteiger partial charge in [0.25, 0.3) is 5.91 Å². The average molecular weight is 403 g/mol. The van der Waals surface area contributed by atoms with Gasteiger partial charge in [0.15, 0.2) is 0 Å². The summed E-state index contributed by atoms with van der Waals surface area (Å²) in [5.41, 5.74) is 2.16. The van der Waals surface area contributed by atoms with Gasteiger partial charge in [-0.2, -0.15) is 4.31 Å². The number of methoxy groups -OCH3 is 1. The van der Waals surface area contributed by atoms with Crippen LogP contribution in [0.2, 0.25) is 0 Å². The van der Waals surface area contributed by atoms with E-state index in [0.717, 1.165) is 25.7 Å². The molecule has 0 unspecified atom stereocenters. The van der Waals surface area contributed by atoms with E-state index in [-0.39, 0.29) is 22.1 Å². The van der Waals surface area contributed by atoms with E-state index < -0.39 is 10.0 Å². The molecule has 0 radical (unpaired) electrons. The van der Waals surface area contributed by atoms with Crippen LogP contribution in [0.5, 0.6) is 5.75 Å². The Bertz CT molecular complexity index is 933. The number of aryl methyl sites for hydroxylation is 1. The normalized spacial score (nSPS) is 14.8. The number of ether oxygens (including phenoxy) is 1. The first kappa shape index (κ1) is 20.4. The molecule has 28 heavy (non-hydrogen) atoms. The summed E-state index contributed by atoms with van der Waals surface area (Å²) in [6, 6.07) is 12.2. The van der Waals surface area contributed by atoms with E-state index in [0.29, 0.717) is 18.8 Å². The molecule has 0 atom stereocenters. The lowest BCUT2D eigenvalue weighted by atomic mass is 10.1. The van der Waals surface area contributed by atoms with Crippen LogP contribution in [0.3, 0.4) is 0 Å². The molecular formula is C21H26N2O4S. The molecule has 0 aromatic heterocycles. The van der Waals surface area contributed by atoms with Crippen molar-refractivity contribution in [1.29, 1.82) is 0 Å². The smallest absolute Gasteiger partial charge is 0.255 e. The van der Waals surface area contributed by atoms with Crippen molar-refractivity contribution in [3.05, 3.63) is 53.6 Å². The van der Waals surface area contributed by atoms with E-state index >= 15 is 0 Å². The minimum absolute atomic E-state index is 0.0304. The number of sulfonamides is 1. The van der Waals surface area contributed by atoms with Gasteiger partial charge in [-0.1, -0.05) is 25.5 Å². The van der Waals surface area contributed by atoms with Crippen LogP contribution in [0.15, 0.2) is 47.4 Å². The fourth-order valence-corrected chi connectivity index (χ4v) is 5.03. The van der Waals surface area contributed by atoms with Crippen molar-refractivity contribution in [3.63, 3.8) is 0 Å². The fourth-order valence-electron chi connectivity index (χ4n) is 3.33. The predicted molar refractivity (Wildman–Crippen MR) is 109 cm³/mol. The molecule has 1 aliphatic rings. The molecule has 1 heterocycles. The maximum absolute atomic E-state index is 13.0. The van der Waals surface area contributed by atoms with E-state index in [1.807, 2.05) is 24.3 Å². The number of nitrogens with zero attached hydrogens (tertiary/aromatic N) is 1. The Kier molecular flexibility index (Phi) is 6.36. The summed E-state index contributed by atoms with van der Waals surface area (Å²) in [7, 11) is -2.27. The van der Waals surface area contributed by atoms with E-state index in [2.05, 4.69) is 12.2 Å². The standard InChI is InChI=1S/C21H26N2O4S/c1-3-6-16-7-10-18(11-8-16)22-21(24)17-9-12-19(27-2)20(15-17)28(25,26)23-13-4-5-14-23/h7-12,15H,3-6,13-14H2,1-2H3,(H,22,24). The molecule has 0 bridgehead atoms. The molecule has 1 amide bonds. The topological polar surface area (TPSA) is 75.7 Å². The number of anilines is 1. The zero-order chi connectivity index (χ0) is 20.1. The van der Waals surface area contributed by atoms with Crippen molar-refractivity contribution in [1.82, 2.24) is 4.31 Å². The quantitative estimate of drug-likeness (QED) is 0.766. The number of carbonyl (C=O) groups excluding carboxylic acids is 1. The van der Waals surface area contributed by atoms with Crippen LogP contribution in [0.1, 0.15) is 42.1 Å². The minimum atomic E-state index is -3.69. The molecule has 1 N–H and O–H groups in total. The SMILES string of the molecule is CCCc1ccc(NC(=O)c2ccc(OC)c(S(=O)(=O)N3CCCC3)c2)cc1. The van der Waals surface area contributed by atoms with Crippen LogP contribution >= 0.6 is 0 Å². The lowest BCUT2D eigenvalue weighted by Crippen LogP contribution is -2.28. The third-order valence-corrected chi connectivity index (χ3v) is 6.78. The molecule has 3 rings (SSSR count). The minimum Gasteiger partial charge on any atom is -0.495 e. The van der Waals surface area contributed by atoms with Crippen molar-refractivity contribution in [2.24, 2.45) is 0 Å². The highest BCUT2D eigenvalue weighted by atomic mass is 32.2. The van der Waals surface area contributed by atoms with E-state index in [4.69, 9.17) is 4.74 Å². The van der Waals surface area contributed by atoms with Gasteiger partial charge in [-0.25, -0.2) is 8.42 Å². The molecule has 1 saturated heterocycles. The summed E-state index contributed by atoms with van der Waals surface area (Å²) in [6.45, 7) is 3.10. The van der Waals surface area contributed by atoms with E-state index in [1.54, 1.807) is 6.07 Å². The number of amides is 1. The van der Waals surface area contributed by atoms with Gasteiger partial charge in [-0.3, -0.25) is 4.79 Å². The Labute approximate surface area is 166 Å². The lowest BCUT2D eigenvalue weighted by molar-refractivity contribution is 0.102. The van der Waals surface area contributed by atoms with Crippen molar-refractivity contribution >= 4 is 21.6 Å². The highest BCUT2D eigenvalue weighted by Crippen LogP contribution is 2.30. The van der Waals surface area contributed by atoms with Crippen LogP contribution in [0.4, 0.5) is 5.69 Å². The van der Waals surface area contributed by atoms with E-state index in [1.165, 1.54) is 29.1 Å². The number of hydrogen-bond acceptors (Lipinski definition) is 4. The molecular weight excluding hydrogens is 376 g/mol. The van der Waals surface area contributed by atoms with E-state index in [9.17, 15) is 13.2 Å². The van der Waals surface area contributed by atoms with Gasteiger partial charge in [0, 0.05) is 24.3 Å². The van der Waals surface area contributed by atoms with Crippen molar-refractivity contribution in [2.45, 2.75) is 37.5 Å². The summed E-state index contributed by atoms with van der Waals surface area (Å²) in [5, 5.41) is 2.83. The molecule has 0 aliphatic carbocycles. The first-order valence-electron chi connectivity index (χ1n) is 9.54. The van der Waals surface area contributed by atoms with Gasteiger partial charge in [0.05, 0.1) is 7.11 Å². The second kappa shape index (κ2) is 8.75. The molecule has 7 heteroatoms. The summed E-state index contributed by atoms with van der Waals surface area (Å²) in [5.74, 6) is -0.115. The highest BCUT2D eigenvalue weighted by molar-refractivity contribution is 7.89. The van der Waals surface area contributed by atoms with Gasteiger partial charge < -0.3 is 10.1 Å². The third-order valence-electron chi connectivity index (χ3n) is 4.86. The molecule has 0 saturated carbocycles. The van der Waals surface area contributed by atoms with Gasteiger partial charge in [0.1, 0.15) is 10.6 Å². The number of nitrogens with one attached hydrogen (secondary N) is 1. The summed E-state index contributed by atoms with van der Waals surface area (Å²) in [4.78, 5) is 12.7. The zero-order valence-corrected chi connectivity index (χ0v) is 17.1. The van der Waals surface area contributed by atoms with Gasteiger partial charge in [-0.05, 0) is 55.2 Å². The summed E-state index contributed by atoms with van der Waals surface area (Å²) < 4.78 is 32.6. The molecule has 150 valence electrons. The maximum Gasteiger partial charge on any atom is 0.255 e.